The van der Waals surface area contributed by atoms with Gasteiger partial charge in [0.1, 0.15) is 0 Å². The molecule has 0 aliphatic heterocycles. The Morgan fingerprint density at radius 2 is 1.95 bits per heavy atom. The van der Waals surface area contributed by atoms with E-state index in [9.17, 15) is 9.90 Å². The van der Waals surface area contributed by atoms with Gasteiger partial charge in [-0.05, 0) is 43.7 Å². The molecule has 4 heteroatoms. The Morgan fingerprint density at radius 3 is 2.63 bits per heavy atom. The van der Waals surface area contributed by atoms with Crippen molar-refractivity contribution in [1.29, 1.82) is 0 Å². The van der Waals surface area contributed by atoms with E-state index in [-0.39, 0.29) is 18.2 Å². The van der Waals surface area contributed by atoms with E-state index in [0.29, 0.717) is 0 Å². The van der Waals surface area contributed by atoms with Crippen LogP contribution in [0.25, 0.3) is 0 Å². The molecule has 0 saturated heterocycles. The summed E-state index contributed by atoms with van der Waals surface area (Å²) in [5.41, 5.74) is 2.01. The van der Waals surface area contributed by atoms with Crippen molar-refractivity contribution in [3.8, 4) is 0 Å². The molecule has 1 fully saturated rings. The highest BCUT2D eigenvalue weighted by Gasteiger charge is 2.20. The second-order valence-electron chi connectivity index (χ2n) is 5.11. The number of anilines is 1. The number of aryl methyl sites for hydroxylation is 1. The fourth-order valence-electron chi connectivity index (χ4n) is 2.51. The Kier molecular flexibility index (Phi) is 4.80. The van der Waals surface area contributed by atoms with Gasteiger partial charge in [0.05, 0.1) is 6.10 Å². The fourth-order valence-corrected chi connectivity index (χ4v) is 2.51. The maximum Gasteiger partial charge on any atom is 0.319 e. The predicted molar refractivity (Wildman–Crippen MR) is 76.2 cm³/mol. The number of nitrogens with one attached hydrogen (secondary N) is 2. The van der Waals surface area contributed by atoms with E-state index in [0.717, 1.165) is 43.4 Å². The first-order chi connectivity index (χ1) is 9.19. The number of aliphatic hydroxyl groups is 1. The molecule has 2 amide bonds. The average Bonchev–Trinajstić information content (AvgIpc) is 2.42. The van der Waals surface area contributed by atoms with Gasteiger partial charge in [0.15, 0.2) is 0 Å². The van der Waals surface area contributed by atoms with Crippen LogP contribution in [0.2, 0.25) is 0 Å². The Balaban J connectivity index is 1.87. The largest absolute Gasteiger partial charge is 0.393 e. The van der Waals surface area contributed by atoms with Gasteiger partial charge in [-0.25, -0.2) is 4.79 Å². The van der Waals surface area contributed by atoms with Crippen molar-refractivity contribution in [2.45, 2.75) is 51.2 Å². The molecule has 0 atom stereocenters. The van der Waals surface area contributed by atoms with Crippen LogP contribution in [0, 0.1) is 0 Å². The standard InChI is InChI=1S/C15H22N2O2/c1-2-11-5-3-4-6-14(11)17-15(19)16-12-7-9-13(18)10-8-12/h3-6,12-13,18H,2,7-10H2,1H3,(H2,16,17,19). The summed E-state index contributed by atoms with van der Waals surface area (Å²) < 4.78 is 0. The molecular formula is C15H22N2O2. The number of urea groups is 1. The minimum atomic E-state index is -0.193. The van der Waals surface area contributed by atoms with Crippen molar-refractivity contribution < 1.29 is 9.90 Å². The average molecular weight is 262 g/mol. The number of hydrogen-bond acceptors (Lipinski definition) is 2. The van der Waals surface area contributed by atoms with E-state index in [4.69, 9.17) is 0 Å². The van der Waals surface area contributed by atoms with Gasteiger partial charge in [-0.1, -0.05) is 25.1 Å². The molecule has 0 heterocycles. The molecule has 4 nitrogen and oxygen atoms in total. The van der Waals surface area contributed by atoms with Crippen LogP contribution in [-0.4, -0.2) is 23.3 Å². The van der Waals surface area contributed by atoms with Crippen molar-refractivity contribution in [3.05, 3.63) is 29.8 Å². The topological polar surface area (TPSA) is 61.4 Å². The first-order valence-electron chi connectivity index (χ1n) is 7.02. The first kappa shape index (κ1) is 13.9. The van der Waals surface area contributed by atoms with E-state index in [1.54, 1.807) is 0 Å². The van der Waals surface area contributed by atoms with Crippen molar-refractivity contribution in [2.75, 3.05) is 5.32 Å². The van der Waals surface area contributed by atoms with Crippen molar-refractivity contribution in [2.24, 2.45) is 0 Å². The lowest BCUT2D eigenvalue weighted by Crippen LogP contribution is -2.41. The van der Waals surface area contributed by atoms with Crippen LogP contribution in [0.4, 0.5) is 10.5 Å². The van der Waals surface area contributed by atoms with Gasteiger partial charge in [0.2, 0.25) is 0 Å². The van der Waals surface area contributed by atoms with Gasteiger partial charge in [-0.3, -0.25) is 0 Å². The lowest BCUT2D eigenvalue weighted by Gasteiger charge is -2.26. The van der Waals surface area contributed by atoms with Crippen molar-refractivity contribution >= 4 is 11.7 Å². The summed E-state index contributed by atoms with van der Waals surface area (Å²) in [7, 11) is 0. The third-order valence-corrected chi connectivity index (χ3v) is 3.68. The zero-order valence-corrected chi connectivity index (χ0v) is 11.4. The number of rotatable bonds is 3. The molecule has 0 unspecified atom stereocenters. The molecule has 1 aliphatic carbocycles. The van der Waals surface area contributed by atoms with Crippen LogP contribution in [0.15, 0.2) is 24.3 Å². The summed E-state index contributed by atoms with van der Waals surface area (Å²) in [6, 6.07) is 7.87. The minimum Gasteiger partial charge on any atom is -0.393 e. The normalized spacial score (nSPS) is 22.8. The fraction of sp³-hybridized carbons (Fsp3) is 0.533. The Morgan fingerprint density at radius 1 is 1.26 bits per heavy atom. The molecule has 2 rings (SSSR count). The van der Waals surface area contributed by atoms with Crippen molar-refractivity contribution in [1.82, 2.24) is 5.32 Å². The van der Waals surface area contributed by atoms with Crippen molar-refractivity contribution in [3.63, 3.8) is 0 Å². The van der Waals surface area contributed by atoms with E-state index >= 15 is 0 Å². The van der Waals surface area contributed by atoms with Crippen LogP contribution >= 0.6 is 0 Å². The molecule has 1 aliphatic rings. The Hall–Kier alpha value is -1.55. The highest BCUT2D eigenvalue weighted by Crippen LogP contribution is 2.19. The molecule has 0 aromatic heterocycles. The Labute approximate surface area is 114 Å². The molecule has 0 bridgehead atoms. The highest BCUT2D eigenvalue weighted by atomic mass is 16.3. The van der Waals surface area contributed by atoms with Gasteiger partial charge in [0, 0.05) is 11.7 Å². The molecule has 0 radical (unpaired) electrons. The quantitative estimate of drug-likeness (QED) is 0.784. The van der Waals surface area contributed by atoms with Crippen LogP contribution < -0.4 is 10.6 Å². The molecule has 3 N–H and O–H groups in total. The summed E-state index contributed by atoms with van der Waals surface area (Å²) in [5.74, 6) is 0. The maximum atomic E-state index is 11.9. The van der Waals surface area contributed by atoms with E-state index in [2.05, 4.69) is 17.6 Å². The minimum absolute atomic E-state index is 0.151. The number of hydrogen-bond donors (Lipinski definition) is 3. The lowest BCUT2D eigenvalue weighted by molar-refractivity contribution is 0.118. The second kappa shape index (κ2) is 6.57. The molecule has 1 aromatic carbocycles. The van der Waals surface area contributed by atoms with Gasteiger partial charge < -0.3 is 15.7 Å². The van der Waals surface area contributed by atoms with Crippen LogP contribution in [0.5, 0.6) is 0 Å². The van der Waals surface area contributed by atoms with Crippen LogP contribution in [0.1, 0.15) is 38.2 Å². The van der Waals surface area contributed by atoms with Gasteiger partial charge >= 0.3 is 6.03 Å². The summed E-state index contributed by atoms with van der Waals surface area (Å²) in [5, 5.41) is 15.3. The van der Waals surface area contributed by atoms with Crippen LogP contribution in [0.3, 0.4) is 0 Å². The first-order valence-corrected chi connectivity index (χ1v) is 7.02. The number of aliphatic hydroxyl groups excluding tert-OH is 1. The third-order valence-electron chi connectivity index (χ3n) is 3.68. The van der Waals surface area contributed by atoms with Gasteiger partial charge in [-0.15, -0.1) is 0 Å². The summed E-state index contributed by atoms with van der Waals surface area (Å²) in [6.07, 6.45) is 3.95. The summed E-state index contributed by atoms with van der Waals surface area (Å²) in [6.45, 7) is 2.07. The molecule has 1 saturated carbocycles. The van der Waals surface area contributed by atoms with E-state index in [1.807, 2.05) is 24.3 Å². The summed E-state index contributed by atoms with van der Waals surface area (Å²) >= 11 is 0. The van der Waals surface area contributed by atoms with E-state index in [1.165, 1.54) is 0 Å². The second-order valence-corrected chi connectivity index (χ2v) is 5.11. The zero-order chi connectivity index (χ0) is 13.7. The molecular weight excluding hydrogens is 240 g/mol. The number of amides is 2. The molecule has 104 valence electrons. The molecule has 1 aromatic rings. The number of carbonyl (C=O) groups is 1. The van der Waals surface area contributed by atoms with Gasteiger partial charge in [-0.2, -0.15) is 0 Å². The lowest BCUT2D eigenvalue weighted by atomic mass is 9.93. The number of carbonyl (C=O) groups excluding carboxylic acids is 1. The van der Waals surface area contributed by atoms with E-state index < -0.39 is 0 Å². The Bertz CT molecular complexity index is 426. The highest BCUT2D eigenvalue weighted by molar-refractivity contribution is 5.90. The zero-order valence-electron chi connectivity index (χ0n) is 11.4. The number of para-hydroxylation sites is 1. The smallest absolute Gasteiger partial charge is 0.319 e. The van der Waals surface area contributed by atoms with Gasteiger partial charge in [0.25, 0.3) is 0 Å². The molecule has 19 heavy (non-hydrogen) atoms. The monoisotopic (exact) mass is 262 g/mol. The predicted octanol–water partition coefficient (Wildman–Crippen LogP) is 2.67. The molecule has 0 spiro atoms. The number of benzene rings is 1. The van der Waals surface area contributed by atoms with Crippen LogP contribution in [-0.2, 0) is 6.42 Å². The summed E-state index contributed by atoms with van der Waals surface area (Å²) in [4.78, 5) is 11.9. The SMILES string of the molecule is CCc1ccccc1NC(=O)NC1CCC(O)CC1. The third kappa shape index (κ3) is 3.96. The maximum absolute atomic E-state index is 11.9.